The molecule has 5 nitrogen and oxygen atoms in total. The summed E-state index contributed by atoms with van der Waals surface area (Å²) in [5, 5.41) is 9.39. The molecule has 0 aliphatic carbocycles. The van der Waals surface area contributed by atoms with Crippen LogP contribution in [-0.2, 0) is 18.4 Å². The second-order valence-electron chi connectivity index (χ2n) is 6.22. The summed E-state index contributed by atoms with van der Waals surface area (Å²) in [6, 6.07) is 20.1. The Morgan fingerprint density at radius 3 is 2.37 bits per heavy atom. The van der Waals surface area contributed by atoms with Crippen LogP contribution in [-0.4, -0.2) is 37.9 Å². The van der Waals surface area contributed by atoms with Gasteiger partial charge in [0.05, 0.1) is 0 Å². The number of hydrogen-bond donors (Lipinski definition) is 0. The number of thioether (sulfide) groups is 1. The Kier molecular flexibility index (Phi) is 6.65. The van der Waals surface area contributed by atoms with Crippen LogP contribution in [0.5, 0.6) is 0 Å². The Hall–Kier alpha value is -2.60. The van der Waals surface area contributed by atoms with Gasteiger partial charge in [0.2, 0.25) is 5.91 Å². The normalized spacial score (nSPS) is 10.7. The number of carbonyl (C=O) groups is 1. The summed E-state index contributed by atoms with van der Waals surface area (Å²) in [4.78, 5) is 14.4. The average molecular weight is 381 g/mol. The molecule has 1 heterocycles. The first kappa shape index (κ1) is 19.2. The molecule has 6 heteroatoms. The Bertz CT molecular complexity index is 864. The molecule has 0 aliphatic heterocycles. The first-order valence-corrected chi connectivity index (χ1v) is 10.1. The first-order chi connectivity index (χ1) is 13.2. The van der Waals surface area contributed by atoms with Crippen LogP contribution in [0.25, 0.3) is 11.4 Å². The lowest BCUT2D eigenvalue weighted by Gasteiger charge is -2.21. The number of nitrogens with zero attached hydrogens (tertiary/aromatic N) is 4. The van der Waals surface area contributed by atoms with Crippen LogP contribution in [0, 0.1) is 0 Å². The van der Waals surface area contributed by atoms with Crippen molar-refractivity contribution in [1.82, 2.24) is 19.7 Å². The van der Waals surface area contributed by atoms with Gasteiger partial charge in [0.25, 0.3) is 0 Å². The molecule has 3 rings (SSSR count). The minimum Gasteiger partial charge on any atom is -0.339 e. The third kappa shape index (κ3) is 4.98. The van der Waals surface area contributed by atoms with Gasteiger partial charge < -0.3 is 9.47 Å². The molecule has 3 aromatic rings. The zero-order valence-electron chi connectivity index (χ0n) is 15.7. The molecule has 0 saturated carbocycles. The van der Waals surface area contributed by atoms with Gasteiger partial charge in [-0.15, -0.1) is 10.2 Å². The lowest BCUT2D eigenvalue weighted by molar-refractivity contribution is -0.131. The predicted octanol–water partition coefficient (Wildman–Crippen LogP) is 4.01. The van der Waals surface area contributed by atoms with Gasteiger partial charge in [0.1, 0.15) is 0 Å². The molecule has 0 saturated heterocycles. The minimum atomic E-state index is 0.166. The van der Waals surface area contributed by atoms with E-state index in [0.717, 1.165) is 22.1 Å². The van der Waals surface area contributed by atoms with Crippen LogP contribution in [0.15, 0.2) is 65.8 Å². The highest BCUT2D eigenvalue weighted by Crippen LogP contribution is 2.23. The Balaban J connectivity index is 1.55. The van der Waals surface area contributed by atoms with Crippen LogP contribution in [0.2, 0.25) is 0 Å². The van der Waals surface area contributed by atoms with Gasteiger partial charge in [0.15, 0.2) is 11.0 Å². The van der Waals surface area contributed by atoms with Gasteiger partial charge in [-0.25, -0.2) is 0 Å². The van der Waals surface area contributed by atoms with E-state index in [-0.39, 0.29) is 5.91 Å². The van der Waals surface area contributed by atoms with Gasteiger partial charge in [-0.05, 0) is 12.5 Å². The van der Waals surface area contributed by atoms with Crippen molar-refractivity contribution >= 4 is 17.7 Å². The molecule has 0 unspecified atom stereocenters. The van der Waals surface area contributed by atoms with Gasteiger partial charge in [0, 0.05) is 37.9 Å². The molecule has 27 heavy (non-hydrogen) atoms. The van der Waals surface area contributed by atoms with E-state index in [1.54, 1.807) is 11.8 Å². The SMILES string of the molecule is CCN(Cc1ccccc1)C(=O)CCSc1nnc(-c2ccccc2)n1C. The molecule has 0 radical (unpaired) electrons. The second-order valence-corrected chi connectivity index (χ2v) is 7.29. The Morgan fingerprint density at radius 2 is 1.70 bits per heavy atom. The highest BCUT2D eigenvalue weighted by atomic mass is 32.2. The standard InChI is InChI=1S/C21H24N4OS/c1-3-25(16-17-10-6-4-7-11-17)19(26)14-15-27-21-23-22-20(24(21)2)18-12-8-5-9-13-18/h4-13H,3,14-16H2,1-2H3. The van der Waals surface area contributed by atoms with E-state index in [0.29, 0.717) is 25.3 Å². The number of benzene rings is 2. The minimum absolute atomic E-state index is 0.166. The first-order valence-electron chi connectivity index (χ1n) is 9.08. The van der Waals surface area contributed by atoms with E-state index < -0.39 is 0 Å². The molecule has 1 amide bonds. The fourth-order valence-corrected chi connectivity index (χ4v) is 3.69. The molecule has 0 atom stereocenters. The summed E-state index contributed by atoms with van der Waals surface area (Å²) >= 11 is 1.57. The molecule has 0 bridgehead atoms. The quantitative estimate of drug-likeness (QED) is 0.554. The van der Waals surface area contributed by atoms with Crippen LogP contribution < -0.4 is 0 Å². The molecule has 0 N–H and O–H groups in total. The van der Waals surface area contributed by atoms with E-state index >= 15 is 0 Å². The lowest BCUT2D eigenvalue weighted by atomic mass is 10.2. The van der Waals surface area contributed by atoms with E-state index in [9.17, 15) is 4.79 Å². The van der Waals surface area contributed by atoms with Crippen LogP contribution >= 0.6 is 11.8 Å². The molecule has 1 aromatic heterocycles. The maximum atomic E-state index is 12.6. The van der Waals surface area contributed by atoms with Gasteiger partial charge >= 0.3 is 0 Å². The highest BCUT2D eigenvalue weighted by Gasteiger charge is 2.14. The number of hydrogen-bond acceptors (Lipinski definition) is 4. The van der Waals surface area contributed by atoms with Crippen molar-refractivity contribution < 1.29 is 4.79 Å². The molecule has 0 spiro atoms. The van der Waals surface area contributed by atoms with Gasteiger partial charge in [-0.3, -0.25) is 4.79 Å². The Labute approximate surface area is 164 Å². The summed E-state index contributed by atoms with van der Waals surface area (Å²) in [5.41, 5.74) is 2.19. The number of carbonyl (C=O) groups excluding carboxylic acids is 1. The molecule has 2 aromatic carbocycles. The second kappa shape index (κ2) is 9.37. The average Bonchev–Trinajstić information content (AvgIpc) is 3.08. The Morgan fingerprint density at radius 1 is 1.04 bits per heavy atom. The van der Waals surface area contributed by atoms with Gasteiger partial charge in [-0.2, -0.15) is 0 Å². The third-order valence-corrected chi connectivity index (χ3v) is 5.39. The smallest absolute Gasteiger partial charge is 0.223 e. The zero-order chi connectivity index (χ0) is 19.1. The summed E-state index contributed by atoms with van der Waals surface area (Å²) in [7, 11) is 1.96. The lowest BCUT2D eigenvalue weighted by Crippen LogP contribution is -2.30. The number of rotatable bonds is 8. The fraction of sp³-hybridized carbons (Fsp3) is 0.286. The maximum absolute atomic E-state index is 12.6. The fourth-order valence-electron chi connectivity index (χ4n) is 2.85. The molecule has 0 aliphatic rings. The monoisotopic (exact) mass is 380 g/mol. The van der Waals surface area contributed by atoms with Crippen molar-refractivity contribution in [2.24, 2.45) is 7.05 Å². The highest BCUT2D eigenvalue weighted by molar-refractivity contribution is 7.99. The van der Waals surface area contributed by atoms with Crippen molar-refractivity contribution in [3.8, 4) is 11.4 Å². The van der Waals surface area contributed by atoms with Gasteiger partial charge in [-0.1, -0.05) is 72.4 Å². The molecule has 140 valence electrons. The largest absolute Gasteiger partial charge is 0.339 e. The van der Waals surface area contributed by atoms with Crippen molar-refractivity contribution in [3.63, 3.8) is 0 Å². The number of amides is 1. The molecular formula is C21H24N4OS. The predicted molar refractivity (Wildman–Crippen MR) is 109 cm³/mol. The summed E-state index contributed by atoms with van der Waals surface area (Å²) < 4.78 is 1.98. The van der Waals surface area contributed by atoms with Crippen molar-refractivity contribution in [1.29, 1.82) is 0 Å². The third-order valence-electron chi connectivity index (χ3n) is 4.36. The van der Waals surface area contributed by atoms with Crippen LogP contribution in [0.1, 0.15) is 18.9 Å². The molecule has 0 fully saturated rings. The van der Waals surface area contributed by atoms with Crippen molar-refractivity contribution in [2.45, 2.75) is 25.0 Å². The zero-order valence-corrected chi connectivity index (χ0v) is 16.5. The van der Waals surface area contributed by atoms with Crippen molar-refractivity contribution in [2.75, 3.05) is 12.3 Å². The van der Waals surface area contributed by atoms with Crippen molar-refractivity contribution in [3.05, 3.63) is 66.2 Å². The van der Waals surface area contributed by atoms with E-state index in [2.05, 4.69) is 22.3 Å². The van der Waals surface area contributed by atoms with Crippen LogP contribution in [0.4, 0.5) is 0 Å². The molecular weight excluding hydrogens is 356 g/mol. The topological polar surface area (TPSA) is 51.0 Å². The van der Waals surface area contributed by atoms with E-state index in [4.69, 9.17) is 0 Å². The van der Waals surface area contributed by atoms with Crippen LogP contribution in [0.3, 0.4) is 0 Å². The number of aromatic nitrogens is 3. The van der Waals surface area contributed by atoms with E-state index in [1.165, 1.54) is 0 Å². The summed E-state index contributed by atoms with van der Waals surface area (Å²) in [6.07, 6.45) is 0.485. The summed E-state index contributed by atoms with van der Waals surface area (Å²) in [5.74, 6) is 1.69. The van der Waals surface area contributed by atoms with E-state index in [1.807, 2.05) is 72.0 Å². The maximum Gasteiger partial charge on any atom is 0.223 e. The summed E-state index contributed by atoms with van der Waals surface area (Å²) in [6.45, 7) is 3.38.